The van der Waals surface area contributed by atoms with E-state index in [2.05, 4.69) is 0 Å². The summed E-state index contributed by atoms with van der Waals surface area (Å²) in [5, 5.41) is 232. The summed E-state index contributed by atoms with van der Waals surface area (Å²) in [5.74, 6) is 0. The molecule has 456 valence electrons. The summed E-state index contributed by atoms with van der Waals surface area (Å²) < 4.78 is 72.6. The van der Waals surface area contributed by atoms with Crippen molar-refractivity contribution < 1.29 is 174 Å². The summed E-state index contributed by atoms with van der Waals surface area (Å²) in [6, 6.07) is -1.45. The second-order valence-corrected chi connectivity index (χ2v) is 19.8. The summed E-state index contributed by atoms with van der Waals surface area (Å²) in [5.41, 5.74) is 5.98. The summed E-state index contributed by atoms with van der Waals surface area (Å²) >= 11 is 0. The molecule has 0 aromatic carbocycles. The first-order valence-corrected chi connectivity index (χ1v) is 24.7. The lowest BCUT2D eigenvalue weighted by molar-refractivity contribution is -0.374. The standard InChI is InChI=1S/C42H73NO35/c43-15-23(54)16(47)8(1-44)71-37(15)66-6-13-21(52)34(77-41-30(61)25(56)17(48)9(2-45)72-41)33(64)40(75-13)69-5-12-20(51)27(58)29(60)38(74-12)67-7-14-22(53)35(78-42-31(62)26(57)18(49)10(3-46)73-42)32(63)39(76-14)68-4-11-19(50)24(55)28(59)36(65)70-11/h8-42,44-65H,1-7,43H2/t8-,9-,10-,11-,12-,13-,14-,15-,16-,17-,18-,19-,20-,21-,22-,23-,24+,25+,26+,27+,28-,29-,30-,31-,32-,33-,34+,35+,36?,37-,38-,39-,40-,41+,42+/m1/s1. The summed E-state index contributed by atoms with van der Waals surface area (Å²) in [6.45, 7) is -6.07. The lowest BCUT2D eigenvalue weighted by Crippen LogP contribution is -2.66. The van der Waals surface area contributed by atoms with Crippen molar-refractivity contribution in [1.82, 2.24) is 0 Å². The zero-order valence-electron chi connectivity index (χ0n) is 40.9. The van der Waals surface area contributed by atoms with Crippen molar-refractivity contribution in [3.05, 3.63) is 0 Å². The van der Waals surface area contributed by atoms with Crippen LogP contribution in [-0.4, -0.2) is 373 Å². The minimum atomic E-state index is -2.14. The van der Waals surface area contributed by atoms with E-state index < -0.39 is 261 Å². The number of nitrogens with two attached hydrogens (primary N) is 1. The molecule has 0 aromatic heterocycles. The van der Waals surface area contributed by atoms with Gasteiger partial charge in [-0.25, -0.2) is 0 Å². The first-order chi connectivity index (χ1) is 36.8. The van der Waals surface area contributed by atoms with Crippen LogP contribution in [0.25, 0.3) is 0 Å². The van der Waals surface area contributed by atoms with Gasteiger partial charge in [-0.1, -0.05) is 0 Å². The molecule has 36 heteroatoms. The van der Waals surface area contributed by atoms with Gasteiger partial charge in [0.2, 0.25) is 0 Å². The van der Waals surface area contributed by atoms with Gasteiger partial charge in [-0.05, 0) is 0 Å². The first-order valence-electron chi connectivity index (χ1n) is 24.7. The molecule has 7 aliphatic rings. The highest BCUT2D eigenvalue weighted by molar-refractivity contribution is 4.99. The van der Waals surface area contributed by atoms with E-state index in [0.29, 0.717) is 0 Å². The smallest absolute Gasteiger partial charge is 0.187 e. The maximum Gasteiger partial charge on any atom is 0.187 e. The number of ether oxygens (including phenoxy) is 13. The van der Waals surface area contributed by atoms with E-state index >= 15 is 0 Å². The van der Waals surface area contributed by atoms with Crippen LogP contribution in [0.4, 0.5) is 0 Å². The average molecular weight is 1150 g/mol. The molecule has 36 nitrogen and oxygen atoms in total. The molecule has 0 saturated carbocycles. The second-order valence-electron chi connectivity index (χ2n) is 19.8. The Morgan fingerprint density at radius 1 is 0.256 bits per heavy atom. The molecule has 0 spiro atoms. The quantitative estimate of drug-likeness (QED) is 0.0571. The Morgan fingerprint density at radius 2 is 0.526 bits per heavy atom. The van der Waals surface area contributed by atoms with Crippen LogP contribution in [0.3, 0.4) is 0 Å². The Morgan fingerprint density at radius 3 is 0.910 bits per heavy atom. The third kappa shape index (κ3) is 13.5. The molecule has 0 radical (unpaired) electrons. The fraction of sp³-hybridized carbons (Fsp3) is 1.00. The topological polar surface area (TPSA) is 591 Å². The fourth-order valence-electron chi connectivity index (χ4n) is 9.62. The molecule has 0 amide bonds. The third-order valence-electron chi connectivity index (χ3n) is 14.5. The third-order valence-corrected chi connectivity index (χ3v) is 14.5. The van der Waals surface area contributed by atoms with Gasteiger partial charge < -0.3 is 180 Å². The molecule has 0 bridgehead atoms. The maximum absolute atomic E-state index is 11.5. The monoisotopic (exact) mass is 1150 g/mol. The predicted molar refractivity (Wildman–Crippen MR) is 234 cm³/mol. The van der Waals surface area contributed by atoms with Gasteiger partial charge in [0.1, 0.15) is 165 Å². The van der Waals surface area contributed by atoms with Crippen LogP contribution in [0, 0.1) is 0 Å². The molecule has 7 rings (SSSR count). The highest BCUT2D eigenvalue weighted by atomic mass is 16.8. The molecule has 7 aliphatic heterocycles. The molecule has 7 fully saturated rings. The van der Waals surface area contributed by atoms with E-state index in [9.17, 15) is 112 Å². The van der Waals surface area contributed by atoms with Gasteiger partial charge in [0, 0.05) is 0 Å². The Balaban J connectivity index is 1.06. The second kappa shape index (κ2) is 27.5. The zero-order chi connectivity index (χ0) is 57.3. The van der Waals surface area contributed by atoms with Crippen molar-refractivity contribution in [3.8, 4) is 0 Å². The molecule has 0 aliphatic carbocycles. The van der Waals surface area contributed by atoms with Crippen LogP contribution >= 0.6 is 0 Å². The Labute approximate surface area is 440 Å². The van der Waals surface area contributed by atoms with Crippen LogP contribution < -0.4 is 5.73 Å². The van der Waals surface area contributed by atoms with Gasteiger partial charge in [0.05, 0.1) is 52.3 Å². The van der Waals surface area contributed by atoms with Gasteiger partial charge >= 0.3 is 0 Å². The largest absolute Gasteiger partial charge is 0.394 e. The first kappa shape index (κ1) is 64.1. The molecule has 24 N–H and O–H groups in total. The predicted octanol–water partition coefficient (Wildman–Crippen LogP) is -16.3. The van der Waals surface area contributed by atoms with Gasteiger partial charge in [-0.3, -0.25) is 0 Å². The zero-order valence-corrected chi connectivity index (χ0v) is 40.9. The summed E-state index contributed by atoms with van der Waals surface area (Å²) in [7, 11) is 0. The van der Waals surface area contributed by atoms with Gasteiger partial charge in [0.25, 0.3) is 0 Å². The van der Waals surface area contributed by atoms with Crippen molar-refractivity contribution >= 4 is 0 Å². The van der Waals surface area contributed by atoms with E-state index in [0.717, 1.165) is 0 Å². The number of rotatable bonds is 19. The maximum atomic E-state index is 11.5. The molecular weight excluding hydrogens is 1080 g/mol. The van der Waals surface area contributed by atoms with Crippen molar-refractivity contribution in [2.45, 2.75) is 215 Å². The number of aliphatic hydroxyl groups excluding tert-OH is 22. The highest BCUT2D eigenvalue weighted by Crippen LogP contribution is 2.35. The van der Waals surface area contributed by atoms with Crippen LogP contribution in [0.5, 0.6) is 0 Å². The Kier molecular flexibility index (Phi) is 22.6. The van der Waals surface area contributed by atoms with Crippen molar-refractivity contribution in [1.29, 1.82) is 0 Å². The summed E-state index contributed by atoms with van der Waals surface area (Å²) in [6.07, 6.45) is -64.5. The normalized spacial score (nSPS) is 53.5. The van der Waals surface area contributed by atoms with Gasteiger partial charge in [-0.15, -0.1) is 0 Å². The molecule has 7 heterocycles. The van der Waals surface area contributed by atoms with E-state index in [-0.39, 0.29) is 0 Å². The SMILES string of the molecule is N[C@H]1[C@H](OC[C@H]2O[C@@H](OC[C@H]3O[C@@H](OC[C@H]4O[C@@H](OC[C@H]5OC(O)[C@H](O)[C@@H](O)[C@@H]5O)[C@H](O)[C@@H](O[C@@H]5O[C@H](CO)[C@@H](O)[C@H](O)[C@H]5O)[C@@H]4O)[C@H](O)[C@@H](O)[C@@H]3O)[C@H](O)[C@@H](O[C@@H]3O[C@H](CO)[C@@H](O)[C@H](O)[C@H]3O)[C@@H]2O)O[C@H](CO)[C@@H](O)[C@@H]1O. The van der Waals surface area contributed by atoms with Crippen molar-refractivity contribution in [2.24, 2.45) is 5.73 Å². The molecule has 0 aromatic rings. The summed E-state index contributed by atoms with van der Waals surface area (Å²) in [4.78, 5) is 0. The van der Waals surface area contributed by atoms with Crippen LogP contribution in [0.15, 0.2) is 0 Å². The van der Waals surface area contributed by atoms with Crippen molar-refractivity contribution in [2.75, 3.05) is 46.2 Å². The fourth-order valence-corrected chi connectivity index (χ4v) is 9.62. The Bertz CT molecular complexity index is 1820. The van der Waals surface area contributed by atoms with E-state index in [1.807, 2.05) is 0 Å². The lowest BCUT2D eigenvalue weighted by Gasteiger charge is -2.47. The molecule has 7 saturated heterocycles. The molecule has 1 unspecified atom stereocenters. The van der Waals surface area contributed by atoms with Crippen LogP contribution in [0.2, 0.25) is 0 Å². The molecular formula is C42H73NO35. The van der Waals surface area contributed by atoms with E-state index in [1.54, 1.807) is 0 Å². The van der Waals surface area contributed by atoms with Crippen LogP contribution in [-0.2, 0) is 61.6 Å². The molecule has 35 atom stereocenters. The van der Waals surface area contributed by atoms with Crippen LogP contribution in [0.1, 0.15) is 0 Å². The highest BCUT2D eigenvalue weighted by Gasteiger charge is 2.56. The average Bonchev–Trinajstić information content (AvgIpc) is 3.46. The lowest BCUT2D eigenvalue weighted by atomic mass is 9.96. The number of hydrogen-bond acceptors (Lipinski definition) is 36. The molecule has 78 heavy (non-hydrogen) atoms. The van der Waals surface area contributed by atoms with Gasteiger partial charge in [-0.2, -0.15) is 0 Å². The van der Waals surface area contributed by atoms with Crippen molar-refractivity contribution in [3.63, 3.8) is 0 Å². The Hall–Kier alpha value is -1.44. The number of aliphatic hydroxyl groups is 22. The van der Waals surface area contributed by atoms with E-state index in [4.69, 9.17) is 67.3 Å². The minimum absolute atomic E-state index is 0.774. The number of hydrogen-bond donors (Lipinski definition) is 23. The minimum Gasteiger partial charge on any atom is -0.394 e. The van der Waals surface area contributed by atoms with E-state index in [1.165, 1.54) is 0 Å². The van der Waals surface area contributed by atoms with Gasteiger partial charge in [0.15, 0.2) is 44.0 Å².